The van der Waals surface area contributed by atoms with Gasteiger partial charge < -0.3 is 14.5 Å². The summed E-state index contributed by atoms with van der Waals surface area (Å²) in [7, 11) is 1.86. The van der Waals surface area contributed by atoms with E-state index in [4.69, 9.17) is 9.15 Å². The SMILES string of the molecule is CNCc1coc(OC/C=C/c2ccccc2)n1. The molecule has 0 aliphatic carbocycles. The quantitative estimate of drug-likeness (QED) is 0.848. The van der Waals surface area contributed by atoms with E-state index in [0.29, 0.717) is 19.2 Å². The zero-order chi connectivity index (χ0) is 12.6. The van der Waals surface area contributed by atoms with Crippen molar-refractivity contribution in [3.8, 4) is 6.08 Å². The van der Waals surface area contributed by atoms with Gasteiger partial charge in [-0.25, -0.2) is 0 Å². The average Bonchev–Trinajstić information content (AvgIpc) is 2.84. The van der Waals surface area contributed by atoms with E-state index >= 15 is 0 Å². The van der Waals surface area contributed by atoms with E-state index in [1.54, 1.807) is 6.26 Å². The number of oxazole rings is 1. The van der Waals surface area contributed by atoms with Crippen molar-refractivity contribution in [1.82, 2.24) is 10.3 Å². The predicted molar refractivity (Wildman–Crippen MR) is 70.2 cm³/mol. The summed E-state index contributed by atoms with van der Waals surface area (Å²) in [5.41, 5.74) is 1.98. The Labute approximate surface area is 106 Å². The van der Waals surface area contributed by atoms with Gasteiger partial charge in [-0.1, -0.05) is 36.4 Å². The summed E-state index contributed by atoms with van der Waals surface area (Å²) >= 11 is 0. The molecule has 0 unspecified atom stereocenters. The molecule has 0 radical (unpaired) electrons. The summed E-state index contributed by atoms with van der Waals surface area (Å²) in [4.78, 5) is 4.16. The lowest BCUT2D eigenvalue weighted by atomic mass is 10.2. The average molecular weight is 244 g/mol. The summed E-state index contributed by atoms with van der Waals surface area (Å²) in [5, 5.41) is 2.99. The molecule has 0 saturated carbocycles. The monoisotopic (exact) mass is 244 g/mol. The van der Waals surface area contributed by atoms with Crippen LogP contribution < -0.4 is 10.1 Å². The van der Waals surface area contributed by atoms with Crippen LogP contribution in [0.3, 0.4) is 0 Å². The Balaban J connectivity index is 1.79. The smallest absolute Gasteiger partial charge is 0.394 e. The molecular formula is C14H16N2O2. The number of nitrogens with one attached hydrogen (secondary N) is 1. The van der Waals surface area contributed by atoms with Gasteiger partial charge in [-0.15, -0.1) is 0 Å². The van der Waals surface area contributed by atoms with Gasteiger partial charge in [-0.3, -0.25) is 0 Å². The van der Waals surface area contributed by atoms with Gasteiger partial charge in [0.2, 0.25) is 0 Å². The van der Waals surface area contributed by atoms with Gasteiger partial charge in [0.05, 0.1) is 5.69 Å². The summed E-state index contributed by atoms with van der Waals surface area (Å²) in [5.74, 6) is 0. The van der Waals surface area contributed by atoms with E-state index in [-0.39, 0.29) is 0 Å². The zero-order valence-electron chi connectivity index (χ0n) is 10.3. The predicted octanol–water partition coefficient (Wildman–Crippen LogP) is 2.49. The molecule has 0 aliphatic heterocycles. The molecule has 18 heavy (non-hydrogen) atoms. The van der Waals surface area contributed by atoms with Gasteiger partial charge in [-0.05, 0) is 18.7 Å². The molecule has 1 heterocycles. The van der Waals surface area contributed by atoms with E-state index < -0.39 is 0 Å². The first-order chi connectivity index (χ1) is 8.88. The minimum Gasteiger partial charge on any atom is -0.446 e. The first-order valence-electron chi connectivity index (χ1n) is 5.82. The van der Waals surface area contributed by atoms with E-state index in [0.717, 1.165) is 11.3 Å². The molecule has 2 rings (SSSR count). The topological polar surface area (TPSA) is 47.3 Å². The fourth-order valence-corrected chi connectivity index (χ4v) is 1.48. The van der Waals surface area contributed by atoms with Crippen LogP contribution in [0.4, 0.5) is 0 Å². The zero-order valence-corrected chi connectivity index (χ0v) is 10.3. The maximum atomic E-state index is 5.36. The molecule has 0 bridgehead atoms. The summed E-state index contributed by atoms with van der Waals surface area (Å²) in [6.07, 6.45) is 5.82. The summed E-state index contributed by atoms with van der Waals surface area (Å²) < 4.78 is 10.5. The molecule has 4 heteroatoms. The Morgan fingerprint density at radius 3 is 2.94 bits per heavy atom. The third kappa shape index (κ3) is 3.75. The Morgan fingerprint density at radius 1 is 1.33 bits per heavy atom. The van der Waals surface area contributed by atoms with E-state index in [1.165, 1.54) is 0 Å². The maximum Gasteiger partial charge on any atom is 0.394 e. The van der Waals surface area contributed by atoms with Crippen LogP contribution in [0.15, 0.2) is 47.1 Å². The number of nitrogens with zero attached hydrogens (tertiary/aromatic N) is 1. The number of hydrogen-bond donors (Lipinski definition) is 1. The Kier molecular flexibility index (Phi) is 4.55. The number of aromatic nitrogens is 1. The Morgan fingerprint density at radius 2 is 2.17 bits per heavy atom. The molecule has 0 saturated heterocycles. The van der Waals surface area contributed by atoms with Crippen LogP contribution >= 0.6 is 0 Å². The van der Waals surface area contributed by atoms with Crippen molar-refractivity contribution in [3.05, 3.63) is 53.9 Å². The molecule has 1 aromatic heterocycles. The van der Waals surface area contributed by atoms with Crippen LogP contribution in [0.5, 0.6) is 6.08 Å². The van der Waals surface area contributed by atoms with Crippen LogP contribution in [0, 0.1) is 0 Å². The second-order valence-corrected chi connectivity index (χ2v) is 3.76. The minimum atomic E-state index is 0.304. The second-order valence-electron chi connectivity index (χ2n) is 3.76. The molecule has 0 amide bonds. The van der Waals surface area contributed by atoms with E-state index in [1.807, 2.05) is 49.5 Å². The van der Waals surface area contributed by atoms with Gasteiger partial charge in [-0.2, -0.15) is 4.98 Å². The van der Waals surface area contributed by atoms with Crippen molar-refractivity contribution < 1.29 is 9.15 Å². The highest BCUT2D eigenvalue weighted by Crippen LogP contribution is 2.10. The molecular weight excluding hydrogens is 228 g/mol. The van der Waals surface area contributed by atoms with Crippen LogP contribution in [-0.4, -0.2) is 18.6 Å². The number of ether oxygens (including phenoxy) is 1. The first-order valence-corrected chi connectivity index (χ1v) is 5.82. The second kappa shape index (κ2) is 6.61. The van der Waals surface area contributed by atoms with Crippen LogP contribution in [0.1, 0.15) is 11.3 Å². The molecule has 0 spiro atoms. The van der Waals surface area contributed by atoms with Crippen molar-refractivity contribution >= 4 is 6.08 Å². The summed E-state index contributed by atoms with van der Waals surface area (Å²) in [6.45, 7) is 1.11. The van der Waals surface area contributed by atoms with E-state index in [9.17, 15) is 0 Å². The van der Waals surface area contributed by atoms with Crippen molar-refractivity contribution in [2.45, 2.75) is 6.54 Å². The summed E-state index contributed by atoms with van der Waals surface area (Å²) in [6, 6.07) is 10.1. The van der Waals surface area contributed by atoms with Crippen LogP contribution in [-0.2, 0) is 6.54 Å². The van der Waals surface area contributed by atoms with Crippen LogP contribution in [0.2, 0.25) is 0 Å². The van der Waals surface area contributed by atoms with Crippen LogP contribution in [0.25, 0.3) is 6.08 Å². The number of hydrogen-bond acceptors (Lipinski definition) is 4. The third-order valence-electron chi connectivity index (χ3n) is 2.30. The highest BCUT2D eigenvalue weighted by Gasteiger charge is 2.02. The molecule has 2 aromatic rings. The fourth-order valence-electron chi connectivity index (χ4n) is 1.48. The Hall–Kier alpha value is -2.07. The Bertz CT molecular complexity index is 492. The van der Waals surface area contributed by atoms with Crippen molar-refractivity contribution in [2.24, 2.45) is 0 Å². The normalized spacial score (nSPS) is 10.9. The number of rotatable bonds is 6. The molecule has 94 valence electrons. The van der Waals surface area contributed by atoms with E-state index in [2.05, 4.69) is 10.3 Å². The lowest BCUT2D eigenvalue weighted by molar-refractivity contribution is 0.259. The molecule has 0 aliphatic rings. The van der Waals surface area contributed by atoms with Gasteiger partial charge in [0.1, 0.15) is 12.9 Å². The molecule has 1 aromatic carbocycles. The van der Waals surface area contributed by atoms with Crippen molar-refractivity contribution in [3.63, 3.8) is 0 Å². The maximum absolute atomic E-state index is 5.36. The molecule has 0 fully saturated rings. The lowest BCUT2D eigenvalue weighted by Crippen LogP contribution is -2.05. The van der Waals surface area contributed by atoms with Crippen molar-refractivity contribution in [1.29, 1.82) is 0 Å². The highest BCUT2D eigenvalue weighted by molar-refractivity contribution is 5.48. The molecule has 4 nitrogen and oxygen atoms in total. The molecule has 0 atom stereocenters. The van der Waals surface area contributed by atoms with Gasteiger partial charge in [0.15, 0.2) is 0 Å². The minimum absolute atomic E-state index is 0.304. The first kappa shape index (κ1) is 12.4. The highest BCUT2D eigenvalue weighted by atomic mass is 16.6. The van der Waals surface area contributed by atoms with Gasteiger partial charge in [0, 0.05) is 6.54 Å². The third-order valence-corrected chi connectivity index (χ3v) is 2.30. The number of benzene rings is 1. The standard InChI is InChI=1S/C14H16N2O2/c1-15-10-13-11-18-14(16-13)17-9-5-8-12-6-3-2-4-7-12/h2-8,11,15H,9-10H2,1H3/b8-5+. The van der Waals surface area contributed by atoms with Gasteiger partial charge >= 0.3 is 6.08 Å². The van der Waals surface area contributed by atoms with Crippen molar-refractivity contribution in [2.75, 3.05) is 13.7 Å². The molecule has 1 N–H and O–H groups in total. The fraction of sp³-hybridized carbons (Fsp3) is 0.214. The lowest BCUT2D eigenvalue weighted by Gasteiger charge is -1.95. The van der Waals surface area contributed by atoms with Gasteiger partial charge in [0.25, 0.3) is 0 Å². The largest absolute Gasteiger partial charge is 0.446 e.